The lowest BCUT2D eigenvalue weighted by Crippen LogP contribution is -2.51. The summed E-state index contributed by atoms with van der Waals surface area (Å²) in [6.45, 7) is 9.88. The average molecular weight is 229 g/mol. The van der Waals surface area contributed by atoms with Crippen molar-refractivity contribution in [1.82, 2.24) is 4.90 Å². The molecule has 0 aromatic carbocycles. The molecule has 0 spiro atoms. The van der Waals surface area contributed by atoms with Gasteiger partial charge < -0.3 is 14.7 Å². The number of ether oxygens (including phenoxy) is 1. The van der Waals surface area contributed by atoms with Crippen LogP contribution >= 0.6 is 0 Å². The Morgan fingerprint density at radius 1 is 1.31 bits per heavy atom. The van der Waals surface area contributed by atoms with Crippen LogP contribution in [-0.4, -0.2) is 47.8 Å². The minimum atomic E-state index is -0.949. The standard InChI is InChI=1S/C12H23NO3/c1-9(2)12(4,15)10(3)11(14)13-5-7-16-8-6-13/h9-10,15H,5-8H2,1-4H3/t10-,12-/m1/s1. The van der Waals surface area contributed by atoms with E-state index in [1.165, 1.54) is 0 Å². The molecule has 1 aliphatic rings. The first kappa shape index (κ1) is 13.5. The van der Waals surface area contributed by atoms with Crippen LogP contribution in [-0.2, 0) is 9.53 Å². The number of carbonyl (C=O) groups is 1. The number of amides is 1. The van der Waals surface area contributed by atoms with Crippen LogP contribution in [0.5, 0.6) is 0 Å². The second kappa shape index (κ2) is 5.15. The fourth-order valence-electron chi connectivity index (χ4n) is 1.81. The van der Waals surface area contributed by atoms with Gasteiger partial charge in [0, 0.05) is 13.1 Å². The molecule has 0 unspecified atom stereocenters. The van der Waals surface area contributed by atoms with Gasteiger partial charge in [0.25, 0.3) is 0 Å². The summed E-state index contributed by atoms with van der Waals surface area (Å²) in [6, 6.07) is 0. The van der Waals surface area contributed by atoms with Crippen molar-refractivity contribution in [3.63, 3.8) is 0 Å². The Bertz CT molecular complexity index is 245. The predicted octanol–water partition coefficient (Wildman–Crippen LogP) is 0.888. The first-order valence-electron chi connectivity index (χ1n) is 5.96. The normalized spacial score (nSPS) is 23.0. The molecule has 0 aliphatic carbocycles. The maximum Gasteiger partial charge on any atom is 0.228 e. The minimum absolute atomic E-state index is 0.0296. The summed E-state index contributed by atoms with van der Waals surface area (Å²) in [7, 11) is 0. The van der Waals surface area contributed by atoms with Crippen LogP contribution in [0.1, 0.15) is 27.7 Å². The van der Waals surface area contributed by atoms with E-state index in [-0.39, 0.29) is 17.7 Å². The lowest BCUT2D eigenvalue weighted by molar-refractivity contribution is -0.150. The molecular formula is C12H23NO3. The maximum atomic E-state index is 12.2. The van der Waals surface area contributed by atoms with Gasteiger partial charge in [-0.25, -0.2) is 0 Å². The van der Waals surface area contributed by atoms with Crippen molar-refractivity contribution in [2.45, 2.75) is 33.3 Å². The van der Waals surface area contributed by atoms with E-state index in [2.05, 4.69) is 0 Å². The van der Waals surface area contributed by atoms with Crippen LogP contribution in [0.25, 0.3) is 0 Å². The zero-order valence-corrected chi connectivity index (χ0v) is 10.7. The molecule has 1 heterocycles. The van der Waals surface area contributed by atoms with Crippen molar-refractivity contribution in [3.05, 3.63) is 0 Å². The van der Waals surface area contributed by atoms with E-state index in [0.717, 1.165) is 0 Å². The second-order valence-electron chi connectivity index (χ2n) is 5.04. The summed E-state index contributed by atoms with van der Waals surface area (Å²) in [4.78, 5) is 13.9. The summed E-state index contributed by atoms with van der Waals surface area (Å²) < 4.78 is 5.21. The molecule has 1 aliphatic heterocycles. The van der Waals surface area contributed by atoms with Crippen LogP contribution in [0.4, 0.5) is 0 Å². The van der Waals surface area contributed by atoms with Crippen LogP contribution in [0.2, 0.25) is 0 Å². The maximum absolute atomic E-state index is 12.2. The van der Waals surface area contributed by atoms with Crippen LogP contribution in [0, 0.1) is 11.8 Å². The van der Waals surface area contributed by atoms with E-state index in [1.54, 1.807) is 18.7 Å². The van der Waals surface area contributed by atoms with Gasteiger partial charge in [-0.1, -0.05) is 20.8 Å². The Morgan fingerprint density at radius 2 is 1.81 bits per heavy atom. The summed E-state index contributed by atoms with van der Waals surface area (Å²) in [5.74, 6) is -0.278. The van der Waals surface area contributed by atoms with Crippen molar-refractivity contribution in [2.75, 3.05) is 26.3 Å². The van der Waals surface area contributed by atoms with E-state index < -0.39 is 5.60 Å². The Balaban J connectivity index is 2.65. The first-order chi connectivity index (χ1) is 7.37. The molecule has 0 aromatic heterocycles. The number of morpholine rings is 1. The van der Waals surface area contributed by atoms with E-state index in [1.807, 2.05) is 13.8 Å². The first-order valence-corrected chi connectivity index (χ1v) is 5.96. The van der Waals surface area contributed by atoms with Crippen molar-refractivity contribution in [2.24, 2.45) is 11.8 Å². The highest BCUT2D eigenvalue weighted by Crippen LogP contribution is 2.27. The van der Waals surface area contributed by atoms with Gasteiger partial charge in [0.2, 0.25) is 5.91 Å². The summed E-state index contributed by atoms with van der Waals surface area (Å²) in [5, 5.41) is 10.3. The molecule has 16 heavy (non-hydrogen) atoms. The van der Waals surface area contributed by atoms with Crippen LogP contribution in [0.3, 0.4) is 0 Å². The third-order valence-electron chi connectivity index (χ3n) is 3.74. The van der Waals surface area contributed by atoms with Gasteiger partial charge in [-0.05, 0) is 12.8 Å². The number of carbonyl (C=O) groups excluding carboxylic acids is 1. The predicted molar refractivity (Wildman–Crippen MR) is 62.0 cm³/mol. The monoisotopic (exact) mass is 229 g/mol. The molecule has 1 amide bonds. The Hall–Kier alpha value is -0.610. The highest BCUT2D eigenvalue weighted by Gasteiger charge is 2.38. The van der Waals surface area contributed by atoms with Gasteiger partial charge in [0.1, 0.15) is 0 Å². The highest BCUT2D eigenvalue weighted by atomic mass is 16.5. The van der Waals surface area contributed by atoms with Gasteiger partial charge in [0.05, 0.1) is 24.7 Å². The van der Waals surface area contributed by atoms with Crippen molar-refractivity contribution >= 4 is 5.91 Å². The average Bonchev–Trinajstić information content (AvgIpc) is 2.28. The molecule has 0 radical (unpaired) electrons. The Morgan fingerprint density at radius 3 is 2.25 bits per heavy atom. The zero-order chi connectivity index (χ0) is 12.3. The summed E-state index contributed by atoms with van der Waals surface area (Å²) >= 11 is 0. The third kappa shape index (κ3) is 2.74. The van der Waals surface area contributed by atoms with Gasteiger partial charge in [0.15, 0.2) is 0 Å². The van der Waals surface area contributed by atoms with Gasteiger partial charge in [-0.3, -0.25) is 4.79 Å². The number of hydrogen-bond donors (Lipinski definition) is 1. The van der Waals surface area contributed by atoms with E-state index in [4.69, 9.17) is 4.74 Å². The summed E-state index contributed by atoms with van der Waals surface area (Å²) in [6.07, 6.45) is 0. The fourth-order valence-corrected chi connectivity index (χ4v) is 1.81. The quantitative estimate of drug-likeness (QED) is 0.782. The molecule has 1 rings (SSSR count). The van der Waals surface area contributed by atoms with Gasteiger partial charge in [-0.15, -0.1) is 0 Å². The molecule has 0 bridgehead atoms. The van der Waals surface area contributed by atoms with E-state index >= 15 is 0 Å². The van der Waals surface area contributed by atoms with E-state index in [9.17, 15) is 9.90 Å². The highest BCUT2D eigenvalue weighted by molar-refractivity contribution is 5.79. The smallest absolute Gasteiger partial charge is 0.228 e. The topological polar surface area (TPSA) is 49.8 Å². The molecule has 1 N–H and O–H groups in total. The molecule has 94 valence electrons. The summed E-state index contributed by atoms with van der Waals surface area (Å²) in [5.41, 5.74) is -0.949. The number of nitrogens with zero attached hydrogens (tertiary/aromatic N) is 1. The fraction of sp³-hybridized carbons (Fsp3) is 0.917. The number of aliphatic hydroxyl groups is 1. The molecule has 4 nitrogen and oxygen atoms in total. The van der Waals surface area contributed by atoms with Crippen molar-refractivity contribution < 1.29 is 14.6 Å². The lowest BCUT2D eigenvalue weighted by atomic mass is 9.80. The third-order valence-corrected chi connectivity index (χ3v) is 3.74. The van der Waals surface area contributed by atoms with E-state index in [0.29, 0.717) is 26.3 Å². The van der Waals surface area contributed by atoms with Gasteiger partial charge >= 0.3 is 0 Å². The zero-order valence-electron chi connectivity index (χ0n) is 10.7. The SMILES string of the molecule is CC(C)[C@@](C)(O)[C@H](C)C(=O)N1CCOCC1. The molecule has 0 saturated carbocycles. The van der Waals surface area contributed by atoms with Gasteiger partial charge in [-0.2, -0.15) is 0 Å². The number of hydrogen-bond acceptors (Lipinski definition) is 3. The largest absolute Gasteiger partial charge is 0.389 e. The molecule has 1 saturated heterocycles. The molecular weight excluding hydrogens is 206 g/mol. The minimum Gasteiger partial charge on any atom is -0.389 e. The second-order valence-corrected chi connectivity index (χ2v) is 5.04. The Kier molecular flexibility index (Phi) is 4.33. The lowest BCUT2D eigenvalue weighted by Gasteiger charge is -2.37. The Labute approximate surface area is 97.6 Å². The van der Waals surface area contributed by atoms with Crippen molar-refractivity contribution in [1.29, 1.82) is 0 Å². The van der Waals surface area contributed by atoms with Crippen LogP contribution in [0.15, 0.2) is 0 Å². The number of rotatable bonds is 3. The molecule has 4 heteroatoms. The molecule has 2 atom stereocenters. The molecule has 1 fully saturated rings. The van der Waals surface area contributed by atoms with Crippen molar-refractivity contribution in [3.8, 4) is 0 Å². The van der Waals surface area contributed by atoms with Crippen LogP contribution < -0.4 is 0 Å². The molecule has 0 aromatic rings.